The summed E-state index contributed by atoms with van der Waals surface area (Å²) in [5.74, 6) is 0. The smallest absolute Gasteiger partial charge is 0.0406 e. The highest BCUT2D eigenvalue weighted by atomic mass is 35.5. The van der Waals surface area contributed by atoms with Crippen molar-refractivity contribution in [3.05, 3.63) is 71.8 Å². The molecule has 1 nitrogen and oxygen atoms in total. The lowest BCUT2D eigenvalue weighted by Gasteiger charge is -2.15. The molecule has 0 saturated carbocycles. The summed E-state index contributed by atoms with van der Waals surface area (Å²) in [5.41, 5.74) is 7.47. The van der Waals surface area contributed by atoms with E-state index in [2.05, 4.69) is 18.7 Å². The molecular weight excluding hydrogens is 321 g/mol. The first-order chi connectivity index (χ1) is 9.70. The van der Waals surface area contributed by atoms with E-state index in [9.17, 15) is 0 Å². The predicted octanol–water partition coefficient (Wildman–Crippen LogP) is 5.88. The fourth-order valence-electron chi connectivity index (χ4n) is 1.96. The number of hydrogen-bond acceptors (Lipinski definition) is 2. The summed E-state index contributed by atoms with van der Waals surface area (Å²) < 4.78 is 0. The third-order valence-corrected chi connectivity index (χ3v) is 4.39. The number of hydrogen-bond donors (Lipinski definition) is 1. The summed E-state index contributed by atoms with van der Waals surface area (Å²) in [6, 6.07) is 16.2. The quantitative estimate of drug-likeness (QED) is 0.665. The minimum atomic E-state index is 0. The van der Waals surface area contributed by atoms with Crippen LogP contribution in [0.15, 0.2) is 71.0 Å². The van der Waals surface area contributed by atoms with Crippen LogP contribution in [0.25, 0.3) is 0 Å². The first-order valence-corrected chi connectivity index (χ1v) is 7.79. The largest absolute Gasteiger partial charge is 0.324 e. The summed E-state index contributed by atoms with van der Waals surface area (Å²) in [4.78, 5) is 2.36. The molecule has 2 N–H and O–H groups in total. The van der Waals surface area contributed by atoms with E-state index in [-0.39, 0.29) is 18.4 Å². The molecule has 0 aliphatic heterocycles. The second kappa shape index (κ2) is 9.16. The third-order valence-electron chi connectivity index (χ3n) is 3.04. The van der Waals surface area contributed by atoms with Crippen molar-refractivity contribution in [2.24, 2.45) is 5.73 Å². The van der Waals surface area contributed by atoms with Crippen molar-refractivity contribution in [3.8, 4) is 0 Å². The van der Waals surface area contributed by atoms with Gasteiger partial charge in [0.05, 0.1) is 0 Å². The Morgan fingerprint density at radius 2 is 1.81 bits per heavy atom. The molecule has 0 aliphatic rings. The Morgan fingerprint density at radius 1 is 1.14 bits per heavy atom. The summed E-state index contributed by atoms with van der Waals surface area (Å²) in [7, 11) is 0. The Kier molecular flexibility index (Phi) is 7.91. The van der Waals surface area contributed by atoms with Gasteiger partial charge in [0.2, 0.25) is 0 Å². The lowest BCUT2D eigenvalue weighted by molar-refractivity contribution is 0.650. The molecule has 0 aromatic heterocycles. The van der Waals surface area contributed by atoms with E-state index in [1.807, 2.05) is 42.5 Å². The van der Waals surface area contributed by atoms with Crippen molar-refractivity contribution in [1.29, 1.82) is 0 Å². The predicted molar refractivity (Wildman–Crippen MR) is 95.6 cm³/mol. The zero-order valence-corrected chi connectivity index (χ0v) is 14.1. The lowest BCUT2D eigenvalue weighted by Crippen LogP contribution is -2.10. The molecule has 0 heterocycles. The van der Waals surface area contributed by atoms with Gasteiger partial charge in [-0.3, -0.25) is 0 Å². The number of benzene rings is 2. The van der Waals surface area contributed by atoms with Crippen molar-refractivity contribution < 1.29 is 0 Å². The van der Waals surface area contributed by atoms with Crippen LogP contribution in [0.4, 0.5) is 0 Å². The van der Waals surface area contributed by atoms with E-state index in [4.69, 9.17) is 17.3 Å². The van der Waals surface area contributed by atoms with Crippen molar-refractivity contribution in [1.82, 2.24) is 0 Å². The summed E-state index contributed by atoms with van der Waals surface area (Å²) in [5, 5.41) is 0.755. The van der Waals surface area contributed by atoms with Gasteiger partial charge >= 0.3 is 0 Å². The van der Waals surface area contributed by atoms with E-state index in [0.717, 1.165) is 22.8 Å². The first kappa shape index (κ1) is 18.1. The molecule has 112 valence electrons. The Hall–Kier alpha value is -0.930. The van der Waals surface area contributed by atoms with Crippen LogP contribution in [0, 0.1) is 0 Å². The molecule has 21 heavy (non-hydrogen) atoms. The molecule has 0 fully saturated rings. The van der Waals surface area contributed by atoms with E-state index < -0.39 is 0 Å². The van der Waals surface area contributed by atoms with Crippen LogP contribution in [0.3, 0.4) is 0 Å². The van der Waals surface area contributed by atoms with Gasteiger partial charge in [-0.15, -0.1) is 19.0 Å². The number of nitrogens with two attached hydrogens (primary N) is 1. The first-order valence-electron chi connectivity index (χ1n) is 6.59. The maximum absolute atomic E-state index is 6.28. The van der Waals surface area contributed by atoms with Gasteiger partial charge in [0.25, 0.3) is 0 Å². The standard InChI is InChI=1S/C17H18ClNS.ClH/c1-2-3-7-16(19)15-6-4-5-8-17(15)20-14-11-9-13(18)10-12-14;/h2,4-6,8-12,16H,1,3,7,19H2;1H/t16-;/m1./s1. The molecule has 4 heteroatoms. The maximum Gasteiger partial charge on any atom is 0.0406 e. The molecule has 0 unspecified atom stereocenters. The molecule has 0 amide bonds. The SMILES string of the molecule is C=CCC[C@@H](N)c1ccccc1Sc1ccc(Cl)cc1.Cl. The van der Waals surface area contributed by atoms with Crippen LogP contribution in [-0.2, 0) is 0 Å². The van der Waals surface area contributed by atoms with Crippen LogP contribution in [0.2, 0.25) is 5.02 Å². The highest BCUT2D eigenvalue weighted by Gasteiger charge is 2.11. The topological polar surface area (TPSA) is 26.0 Å². The Bertz CT molecular complexity index is 569. The number of halogens is 2. The summed E-state index contributed by atoms with van der Waals surface area (Å²) >= 11 is 7.64. The van der Waals surface area contributed by atoms with E-state index >= 15 is 0 Å². The number of rotatable bonds is 6. The zero-order chi connectivity index (χ0) is 14.4. The van der Waals surface area contributed by atoms with Crippen molar-refractivity contribution in [2.75, 3.05) is 0 Å². The average molecular weight is 340 g/mol. The van der Waals surface area contributed by atoms with Gasteiger partial charge in [0.1, 0.15) is 0 Å². The van der Waals surface area contributed by atoms with Crippen LogP contribution in [-0.4, -0.2) is 0 Å². The van der Waals surface area contributed by atoms with Crippen molar-refractivity contribution in [3.63, 3.8) is 0 Å². The molecule has 2 aromatic rings. The Morgan fingerprint density at radius 3 is 2.48 bits per heavy atom. The minimum Gasteiger partial charge on any atom is -0.324 e. The van der Waals surface area contributed by atoms with E-state index in [0.29, 0.717) is 0 Å². The van der Waals surface area contributed by atoms with Gasteiger partial charge < -0.3 is 5.73 Å². The van der Waals surface area contributed by atoms with Crippen molar-refractivity contribution in [2.45, 2.75) is 28.7 Å². The van der Waals surface area contributed by atoms with Crippen LogP contribution < -0.4 is 5.73 Å². The molecule has 1 atom stereocenters. The fourth-order valence-corrected chi connectivity index (χ4v) is 3.10. The third kappa shape index (κ3) is 5.40. The van der Waals surface area contributed by atoms with E-state index in [1.54, 1.807) is 11.8 Å². The molecule has 0 spiro atoms. The van der Waals surface area contributed by atoms with Crippen molar-refractivity contribution >= 4 is 35.8 Å². The molecule has 2 rings (SSSR count). The summed E-state index contributed by atoms with van der Waals surface area (Å²) in [6.45, 7) is 3.75. The lowest BCUT2D eigenvalue weighted by atomic mass is 10.0. The number of allylic oxidation sites excluding steroid dienone is 1. The molecular formula is C17H19Cl2NS. The highest BCUT2D eigenvalue weighted by molar-refractivity contribution is 7.99. The van der Waals surface area contributed by atoms with Crippen LogP contribution in [0.1, 0.15) is 24.4 Å². The maximum atomic E-state index is 6.28. The molecule has 0 saturated heterocycles. The van der Waals surface area contributed by atoms with Gasteiger partial charge in [0, 0.05) is 20.9 Å². The molecule has 2 aromatic carbocycles. The van der Waals surface area contributed by atoms with Gasteiger partial charge in [0.15, 0.2) is 0 Å². The second-order valence-electron chi connectivity index (χ2n) is 4.57. The molecule has 0 radical (unpaired) electrons. The van der Waals surface area contributed by atoms with Crippen LogP contribution in [0.5, 0.6) is 0 Å². The average Bonchev–Trinajstić information content (AvgIpc) is 2.48. The van der Waals surface area contributed by atoms with Gasteiger partial charge in [-0.05, 0) is 48.7 Å². The second-order valence-corrected chi connectivity index (χ2v) is 6.12. The van der Waals surface area contributed by atoms with Gasteiger partial charge in [-0.1, -0.05) is 47.6 Å². The molecule has 0 bridgehead atoms. The Labute approximate surface area is 142 Å². The zero-order valence-electron chi connectivity index (χ0n) is 11.7. The monoisotopic (exact) mass is 339 g/mol. The van der Waals surface area contributed by atoms with E-state index in [1.165, 1.54) is 10.5 Å². The molecule has 0 aliphatic carbocycles. The van der Waals surface area contributed by atoms with Gasteiger partial charge in [-0.25, -0.2) is 0 Å². The fraction of sp³-hybridized carbons (Fsp3) is 0.176. The minimum absolute atomic E-state index is 0. The summed E-state index contributed by atoms with van der Waals surface area (Å²) in [6.07, 6.45) is 3.76. The van der Waals surface area contributed by atoms with Gasteiger partial charge in [-0.2, -0.15) is 0 Å². The van der Waals surface area contributed by atoms with Crippen LogP contribution >= 0.6 is 35.8 Å². The Balaban J connectivity index is 0.00000220. The highest BCUT2D eigenvalue weighted by Crippen LogP contribution is 2.34. The normalized spacial score (nSPS) is 11.5.